The number of carbonyl (C=O) groups is 3. The fraction of sp³-hybridized carbons (Fsp3) is 0.478. The van der Waals surface area contributed by atoms with Crippen LogP contribution in [-0.4, -0.2) is 57.9 Å². The highest BCUT2D eigenvalue weighted by atomic mass is 16.5. The van der Waals surface area contributed by atoms with E-state index in [0.717, 1.165) is 18.4 Å². The van der Waals surface area contributed by atoms with Crippen LogP contribution in [0.5, 0.6) is 0 Å². The molecule has 1 aromatic carbocycles. The second-order valence-electron chi connectivity index (χ2n) is 8.52. The van der Waals surface area contributed by atoms with Crippen molar-refractivity contribution in [3.8, 4) is 11.3 Å². The van der Waals surface area contributed by atoms with Gasteiger partial charge in [0.2, 0.25) is 17.7 Å². The maximum atomic E-state index is 13.8. The highest BCUT2D eigenvalue weighted by molar-refractivity contribution is 5.92. The van der Waals surface area contributed by atoms with Gasteiger partial charge in [-0.2, -0.15) is 0 Å². The second-order valence-corrected chi connectivity index (χ2v) is 8.52. The average Bonchev–Trinajstić information content (AvgIpc) is 3.42. The summed E-state index contributed by atoms with van der Waals surface area (Å²) in [4.78, 5) is 41.4. The van der Waals surface area contributed by atoms with Gasteiger partial charge in [0.1, 0.15) is 17.0 Å². The Morgan fingerprint density at radius 2 is 1.97 bits per heavy atom. The van der Waals surface area contributed by atoms with Crippen LogP contribution >= 0.6 is 0 Å². The van der Waals surface area contributed by atoms with Gasteiger partial charge in [-0.05, 0) is 25.7 Å². The molecule has 2 saturated heterocycles. The molecule has 0 aliphatic carbocycles. The van der Waals surface area contributed by atoms with Gasteiger partial charge in [0.15, 0.2) is 0 Å². The lowest BCUT2D eigenvalue weighted by Gasteiger charge is -2.42. The van der Waals surface area contributed by atoms with E-state index < -0.39 is 5.54 Å². The highest BCUT2D eigenvalue weighted by Crippen LogP contribution is 2.36. The van der Waals surface area contributed by atoms with E-state index in [1.807, 2.05) is 36.4 Å². The molecule has 1 aromatic heterocycles. The smallest absolute Gasteiger partial charge is 0.249 e. The van der Waals surface area contributed by atoms with Gasteiger partial charge in [0.05, 0.1) is 5.92 Å². The largest absolute Gasteiger partial charge is 0.369 e. The number of nitrogens with two attached hydrogens (primary N) is 1. The van der Waals surface area contributed by atoms with Gasteiger partial charge in [0, 0.05) is 44.6 Å². The number of primary amides is 1. The van der Waals surface area contributed by atoms with E-state index in [0.29, 0.717) is 43.9 Å². The summed E-state index contributed by atoms with van der Waals surface area (Å²) in [6.07, 6.45) is 2.94. The van der Waals surface area contributed by atoms with Crippen molar-refractivity contribution < 1.29 is 18.9 Å². The van der Waals surface area contributed by atoms with Gasteiger partial charge < -0.3 is 20.1 Å². The van der Waals surface area contributed by atoms with Crippen LogP contribution in [0.2, 0.25) is 0 Å². The molecule has 164 valence electrons. The first-order valence-corrected chi connectivity index (χ1v) is 10.8. The number of carbonyl (C=O) groups excluding carboxylic acids is 3. The fourth-order valence-electron chi connectivity index (χ4n) is 4.94. The predicted octanol–water partition coefficient (Wildman–Crippen LogP) is 1.99. The topological polar surface area (TPSA) is 110 Å². The Morgan fingerprint density at radius 3 is 2.68 bits per heavy atom. The van der Waals surface area contributed by atoms with E-state index in [4.69, 9.17) is 10.3 Å². The van der Waals surface area contributed by atoms with Gasteiger partial charge in [-0.1, -0.05) is 35.5 Å². The Kier molecular flexibility index (Phi) is 5.80. The minimum Gasteiger partial charge on any atom is -0.369 e. The third-order valence-corrected chi connectivity index (χ3v) is 6.47. The number of likely N-dealkylation sites (tertiary alicyclic amines) is 2. The second kappa shape index (κ2) is 8.53. The third-order valence-electron chi connectivity index (χ3n) is 6.47. The Labute approximate surface area is 181 Å². The van der Waals surface area contributed by atoms with Crippen LogP contribution in [-0.2, 0) is 20.8 Å². The summed E-state index contributed by atoms with van der Waals surface area (Å²) in [7, 11) is 0. The van der Waals surface area contributed by atoms with E-state index in [-0.39, 0.29) is 30.1 Å². The van der Waals surface area contributed by atoms with E-state index in [2.05, 4.69) is 5.16 Å². The molecule has 8 nitrogen and oxygen atoms in total. The Morgan fingerprint density at radius 1 is 1.19 bits per heavy atom. The van der Waals surface area contributed by atoms with Crippen LogP contribution in [0.15, 0.2) is 40.9 Å². The molecule has 2 aromatic rings. The zero-order valence-electron chi connectivity index (χ0n) is 17.8. The SMILES string of the molecule is CC(=O)N1CCC[C@@]1(Cc1cc(-c2ccccc2)no1)C(=O)N1CCC[C@@H](C(N)=O)C1. The Hall–Kier alpha value is -3.16. The van der Waals surface area contributed by atoms with Gasteiger partial charge in [-0.3, -0.25) is 14.4 Å². The summed E-state index contributed by atoms with van der Waals surface area (Å²) >= 11 is 0. The third kappa shape index (κ3) is 4.06. The molecule has 0 unspecified atom stereocenters. The minimum atomic E-state index is -1.03. The Balaban J connectivity index is 1.63. The number of aromatic nitrogens is 1. The molecule has 2 aliphatic rings. The maximum Gasteiger partial charge on any atom is 0.249 e. The van der Waals surface area contributed by atoms with Crippen molar-refractivity contribution in [3.63, 3.8) is 0 Å². The fourth-order valence-corrected chi connectivity index (χ4v) is 4.94. The van der Waals surface area contributed by atoms with Gasteiger partial charge >= 0.3 is 0 Å². The molecule has 3 heterocycles. The van der Waals surface area contributed by atoms with E-state index in [1.54, 1.807) is 9.80 Å². The maximum absolute atomic E-state index is 13.8. The molecule has 2 fully saturated rings. The molecule has 2 atom stereocenters. The van der Waals surface area contributed by atoms with Crippen LogP contribution in [0.4, 0.5) is 0 Å². The molecule has 0 saturated carbocycles. The summed E-state index contributed by atoms with van der Waals surface area (Å²) in [5.74, 6) is -0.453. The standard InChI is InChI=1S/C23H28N4O4/c1-16(28)27-12-6-10-23(27,22(30)26-11-5-9-18(15-26)21(24)29)14-19-13-20(25-31-19)17-7-3-2-4-8-17/h2-4,7-8,13,18H,5-6,9-12,14-15H2,1H3,(H2,24,29)/t18-,23-/m1/s1. The zero-order chi connectivity index (χ0) is 22.0. The van der Waals surface area contributed by atoms with E-state index >= 15 is 0 Å². The summed E-state index contributed by atoms with van der Waals surface area (Å²) in [6, 6.07) is 11.5. The van der Waals surface area contributed by atoms with Gasteiger partial charge in [0.25, 0.3) is 0 Å². The molecule has 0 radical (unpaired) electrons. The lowest BCUT2D eigenvalue weighted by molar-refractivity contribution is -0.152. The first kappa shape index (κ1) is 21.1. The van der Waals surface area contributed by atoms with E-state index in [1.165, 1.54) is 6.92 Å². The number of piperidine rings is 1. The monoisotopic (exact) mass is 424 g/mol. The van der Waals surface area contributed by atoms with Crippen LogP contribution in [0.3, 0.4) is 0 Å². The summed E-state index contributed by atoms with van der Waals surface area (Å²) in [5.41, 5.74) is 6.10. The predicted molar refractivity (Wildman–Crippen MR) is 113 cm³/mol. The molecular formula is C23H28N4O4. The minimum absolute atomic E-state index is 0.135. The molecule has 31 heavy (non-hydrogen) atoms. The van der Waals surface area contributed by atoms with Crippen molar-refractivity contribution in [2.45, 2.75) is 44.6 Å². The quantitative estimate of drug-likeness (QED) is 0.789. The number of hydrogen-bond donors (Lipinski definition) is 1. The summed E-state index contributed by atoms with van der Waals surface area (Å²) in [6.45, 7) is 2.87. The van der Waals surface area contributed by atoms with Crippen molar-refractivity contribution >= 4 is 17.7 Å². The van der Waals surface area contributed by atoms with Crippen molar-refractivity contribution in [1.82, 2.24) is 15.0 Å². The number of amides is 3. The molecule has 2 N–H and O–H groups in total. The van der Waals surface area contributed by atoms with Crippen molar-refractivity contribution in [3.05, 3.63) is 42.2 Å². The van der Waals surface area contributed by atoms with Gasteiger partial charge in [-0.25, -0.2) is 0 Å². The van der Waals surface area contributed by atoms with Crippen LogP contribution < -0.4 is 5.73 Å². The number of nitrogens with zero attached hydrogens (tertiary/aromatic N) is 3. The summed E-state index contributed by atoms with van der Waals surface area (Å²) < 4.78 is 5.60. The molecule has 0 bridgehead atoms. The molecule has 4 rings (SSSR count). The molecule has 3 amide bonds. The lowest BCUT2D eigenvalue weighted by atomic mass is 9.86. The number of benzene rings is 1. The first-order chi connectivity index (χ1) is 14.9. The Bertz CT molecular complexity index is 973. The van der Waals surface area contributed by atoms with Crippen molar-refractivity contribution in [2.24, 2.45) is 11.7 Å². The first-order valence-electron chi connectivity index (χ1n) is 10.8. The normalized spacial score (nSPS) is 23.7. The van der Waals surface area contributed by atoms with Gasteiger partial charge in [-0.15, -0.1) is 0 Å². The van der Waals surface area contributed by atoms with Crippen molar-refractivity contribution in [2.75, 3.05) is 19.6 Å². The van der Waals surface area contributed by atoms with Crippen molar-refractivity contribution in [1.29, 1.82) is 0 Å². The average molecular weight is 425 g/mol. The van der Waals surface area contributed by atoms with Crippen LogP contribution in [0, 0.1) is 5.92 Å². The summed E-state index contributed by atoms with van der Waals surface area (Å²) in [5, 5.41) is 4.17. The highest BCUT2D eigenvalue weighted by Gasteiger charge is 2.51. The molecular weight excluding hydrogens is 396 g/mol. The molecule has 2 aliphatic heterocycles. The lowest BCUT2D eigenvalue weighted by Crippen LogP contribution is -2.61. The molecule has 8 heteroatoms. The van der Waals surface area contributed by atoms with E-state index in [9.17, 15) is 14.4 Å². The van der Waals surface area contributed by atoms with Crippen LogP contribution in [0.25, 0.3) is 11.3 Å². The number of rotatable bonds is 5. The molecule has 0 spiro atoms. The zero-order valence-corrected chi connectivity index (χ0v) is 17.8. The number of hydrogen-bond acceptors (Lipinski definition) is 5. The van der Waals surface area contributed by atoms with Crippen LogP contribution in [0.1, 0.15) is 38.4 Å².